The Hall–Kier alpha value is -1.02. The van der Waals surface area contributed by atoms with Gasteiger partial charge in [0.25, 0.3) is 0 Å². The summed E-state index contributed by atoms with van der Waals surface area (Å²) >= 11 is 1.80. The summed E-state index contributed by atoms with van der Waals surface area (Å²) in [5, 5.41) is 0.310. The van der Waals surface area contributed by atoms with Gasteiger partial charge in [-0.2, -0.15) is 11.8 Å². The summed E-state index contributed by atoms with van der Waals surface area (Å²) in [7, 11) is 0. The van der Waals surface area contributed by atoms with Crippen LogP contribution < -0.4 is 0 Å². The van der Waals surface area contributed by atoms with E-state index < -0.39 is 0 Å². The number of carbonyl (C=O) groups excluding carboxylic acids is 1. The molecule has 0 bridgehead atoms. The first-order chi connectivity index (χ1) is 8.50. The molecule has 0 saturated carbocycles. The van der Waals surface area contributed by atoms with E-state index in [4.69, 9.17) is 0 Å². The molecule has 0 aromatic heterocycles. The molecule has 18 heavy (non-hydrogen) atoms. The van der Waals surface area contributed by atoms with E-state index in [0.717, 1.165) is 12.0 Å². The van der Waals surface area contributed by atoms with Crippen molar-refractivity contribution in [3.63, 3.8) is 0 Å². The van der Waals surface area contributed by atoms with E-state index in [2.05, 4.69) is 27.0 Å². The minimum Gasteiger partial charge on any atom is -0.294 e. The number of allylic oxidation sites excluding steroid dienone is 1. The van der Waals surface area contributed by atoms with E-state index in [-0.39, 0.29) is 11.2 Å². The lowest BCUT2D eigenvalue weighted by Gasteiger charge is -2.30. The Morgan fingerprint density at radius 3 is 2.44 bits per heavy atom. The lowest BCUT2D eigenvalue weighted by molar-refractivity contribution is 0.0833. The molecule has 0 saturated heterocycles. The Bertz CT molecular complexity index is 489. The first-order valence-corrected chi connectivity index (χ1v) is 7.58. The Morgan fingerprint density at radius 2 is 1.89 bits per heavy atom. The molecule has 2 atom stereocenters. The number of thioether (sulfide) groups is 1. The van der Waals surface area contributed by atoms with Crippen molar-refractivity contribution < 1.29 is 4.79 Å². The second-order valence-electron chi connectivity index (χ2n) is 5.37. The fourth-order valence-electron chi connectivity index (χ4n) is 3.04. The lowest BCUT2D eigenvalue weighted by atomic mass is 9.78. The highest BCUT2D eigenvalue weighted by atomic mass is 32.2. The molecule has 1 aliphatic rings. The van der Waals surface area contributed by atoms with Gasteiger partial charge in [0, 0.05) is 10.8 Å². The Kier molecular flexibility index (Phi) is 3.67. The van der Waals surface area contributed by atoms with E-state index >= 15 is 0 Å². The van der Waals surface area contributed by atoms with Crippen LogP contribution in [0.5, 0.6) is 0 Å². The monoisotopic (exact) mass is 260 g/mol. The van der Waals surface area contributed by atoms with Crippen molar-refractivity contribution in [3.05, 3.63) is 47.0 Å². The number of Topliss-reactive ketones (excluding diaryl/α,β-unsaturated/α-hetero) is 1. The van der Waals surface area contributed by atoms with Crippen LogP contribution in [0.3, 0.4) is 0 Å². The highest BCUT2D eigenvalue weighted by Crippen LogP contribution is 2.49. The summed E-state index contributed by atoms with van der Waals surface area (Å²) in [4.78, 5) is 12.8. The van der Waals surface area contributed by atoms with Crippen molar-refractivity contribution in [2.24, 2.45) is 5.41 Å². The average molecular weight is 260 g/mol. The summed E-state index contributed by atoms with van der Waals surface area (Å²) in [6.07, 6.45) is 2.99. The maximum absolute atomic E-state index is 12.8. The summed E-state index contributed by atoms with van der Waals surface area (Å²) in [6.45, 7) is 6.44. The fraction of sp³-hybridized carbons (Fsp3) is 0.438. The molecule has 2 heteroatoms. The molecule has 1 aromatic rings. The molecule has 1 aliphatic carbocycles. The van der Waals surface area contributed by atoms with Crippen LogP contribution in [-0.2, 0) is 0 Å². The molecule has 0 N–H and O–H groups in total. The van der Waals surface area contributed by atoms with Crippen LogP contribution in [0.4, 0.5) is 0 Å². The SMILES string of the molecule is CS[C@H]1C(C)=C(C)C[C@]1(C)C(=O)c1ccccc1. The maximum Gasteiger partial charge on any atom is 0.170 e. The van der Waals surface area contributed by atoms with Gasteiger partial charge in [0.1, 0.15) is 0 Å². The third-order valence-electron chi connectivity index (χ3n) is 4.07. The molecule has 1 aromatic carbocycles. The normalized spacial score (nSPS) is 27.7. The zero-order valence-electron chi connectivity index (χ0n) is 11.5. The van der Waals surface area contributed by atoms with E-state index in [1.54, 1.807) is 11.8 Å². The topological polar surface area (TPSA) is 17.1 Å². The van der Waals surface area contributed by atoms with Crippen molar-refractivity contribution in [2.75, 3.05) is 6.26 Å². The van der Waals surface area contributed by atoms with E-state index in [0.29, 0.717) is 5.25 Å². The minimum absolute atomic E-state index is 0.277. The van der Waals surface area contributed by atoms with Gasteiger partial charge < -0.3 is 0 Å². The van der Waals surface area contributed by atoms with Crippen molar-refractivity contribution >= 4 is 17.5 Å². The van der Waals surface area contributed by atoms with Gasteiger partial charge >= 0.3 is 0 Å². The van der Waals surface area contributed by atoms with Gasteiger partial charge in [-0.15, -0.1) is 0 Å². The maximum atomic E-state index is 12.8. The first kappa shape index (κ1) is 13.4. The third-order valence-corrected chi connectivity index (χ3v) is 5.41. The zero-order valence-corrected chi connectivity index (χ0v) is 12.3. The van der Waals surface area contributed by atoms with Crippen molar-refractivity contribution in [3.8, 4) is 0 Å². The molecule has 0 aliphatic heterocycles. The Morgan fingerprint density at radius 1 is 1.28 bits per heavy atom. The predicted octanol–water partition coefficient (Wildman–Crippen LogP) is 4.35. The molecule has 0 radical (unpaired) electrons. The molecule has 1 nitrogen and oxygen atoms in total. The molecule has 0 unspecified atom stereocenters. The molecular formula is C16H20OS. The van der Waals surface area contributed by atoms with E-state index in [1.807, 2.05) is 30.3 Å². The summed E-state index contributed by atoms with van der Waals surface area (Å²) in [5.41, 5.74) is 3.31. The van der Waals surface area contributed by atoms with Crippen molar-refractivity contribution in [1.82, 2.24) is 0 Å². The van der Waals surface area contributed by atoms with Gasteiger partial charge in [0.2, 0.25) is 0 Å². The largest absolute Gasteiger partial charge is 0.294 e. The fourth-order valence-corrected chi connectivity index (χ4v) is 4.31. The van der Waals surface area contributed by atoms with Gasteiger partial charge in [-0.25, -0.2) is 0 Å². The van der Waals surface area contributed by atoms with Crippen LogP contribution in [0, 0.1) is 5.41 Å². The van der Waals surface area contributed by atoms with Crippen LogP contribution in [0.25, 0.3) is 0 Å². The smallest absolute Gasteiger partial charge is 0.170 e. The number of benzene rings is 1. The Labute approximate surface area is 114 Å². The van der Waals surface area contributed by atoms with Gasteiger partial charge in [0.05, 0.1) is 5.41 Å². The molecule has 0 spiro atoms. The van der Waals surface area contributed by atoms with Crippen molar-refractivity contribution in [2.45, 2.75) is 32.4 Å². The minimum atomic E-state index is -0.283. The number of ketones is 1. The molecule has 96 valence electrons. The Balaban J connectivity index is 2.37. The quantitative estimate of drug-likeness (QED) is 0.594. The van der Waals surface area contributed by atoms with Crippen LogP contribution >= 0.6 is 11.8 Å². The van der Waals surface area contributed by atoms with E-state index in [1.165, 1.54) is 11.1 Å². The zero-order chi connectivity index (χ0) is 13.3. The molecular weight excluding hydrogens is 240 g/mol. The summed E-state index contributed by atoms with van der Waals surface area (Å²) in [6, 6.07) is 9.68. The lowest BCUT2D eigenvalue weighted by Crippen LogP contribution is -2.35. The second kappa shape index (κ2) is 4.93. The van der Waals surface area contributed by atoms with Gasteiger partial charge in [-0.05, 0) is 26.5 Å². The molecule has 2 rings (SSSR count). The third kappa shape index (κ3) is 2.03. The predicted molar refractivity (Wildman–Crippen MR) is 79.2 cm³/mol. The molecule has 0 fully saturated rings. The van der Waals surface area contributed by atoms with Crippen molar-refractivity contribution in [1.29, 1.82) is 0 Å². The van der Waals surface area contributed by atoms with Gasteiger partial charge in [-0.1, -0.05) is 48.4 Å². The summed E-state index contributed by atoms with van der Waals surface area (Å²) < 4.78 is 0. The van der Waals surface area contributed by atoms with Crippen LogP contribution in [0.1, 0.15) is 37.6 Å². The second-order valence-corrected chi connectivity index (χ2v) is 6.31. The van der Waals surface area contributed by atoms with Crippen LogP contribution in [-0.4, -0.2) is 17.3 Å². The highest BCUT2D eigenvalue weighted by molar-refractivity contribution is 7.99. The number of hydrogen-bond acceptors (Lipinski definition) is 2. The standard InChI is InChI=1S/C16H20OS/c1-11-10-16(3,15(18-4)12(11)2)14(17)13-8-6-5-7-9-13/h5-9,15H,10H2,1-4H3/t15-,16+/m0/s1. The van der Waals surface area contributed by atoms with E-state index in [9.17, 15) is 4.79 Å². The highest BCUT2D eigenvalue weighted by Gasteiger charge is 2.46. The number of rotatable bonds is 3. The van der Waals surface area contributed by atoms with Gasteiger partial charge in [0.15, 0.2) is 5.78 Å². The first-order valence-electron chi connectivity index (χ1n) is 6.29. The average Bonchev–Trinajstić information content (AvgIpc) is 2.61. The number of carbonyl (C=O) groups is 1. The molecule has 0 heterocycles. The molecule has 0 amide bonds. The van der Waals surface area contributed by atoms with Gasteiger partial charge in [-0.3, -0.25) is 4.79 Å². The van der Waals surface area contributed by atoms with Crippen LogP contribution in [0.2, 0.25) is 0 Å². The van der Waals surface area contributed by atoms with Crippen LogP contribution in [0.15, 0.2) is 41.5 Å². The number of hydrogen-bond donors (Lipinski definition) is 0. The summed E-state index contributed by atoms with van der Waals surface area (Å²) in [5.74, 6) is 0.277.